The van der Waals surface area contributed by atoms with Gasteiger partial charge in [0.05, 0.1) is 19.8 Å². The average Bonchev–Trinajstić information content (AvgIpc) is 2.49. The monoisotopic (exact) mass is 324 g/mol. The van der Waals surface area contributed by atoms with E-state index >= 15 is 0 Å². The smallest absolute Gasteiger partial charge is 0.196 e. The molecule has 0 aliphatic carbocycles. The van der Waals surface area contributed by atoms with Gasteiger partial charge in [-0.15, -0.1) is 0 Å². The fourth-order valence-electron chi connectivity index (χ4n) is 1.96. The number of rotatable bonds is 4. The fraction of sp³-hybridized carbons (Fsp3) is 0.188. The minimum atomic E-state index is -0.210. The molecule has 0 saturated heterocycles. The van der Waals surface area contributed by atoms with E-state index in [1.165, 1.54) is 14.2 Å². The van der Waals surface area contributed by atoms with Crippen molar-refractivity contribution in [2.24, 2.45) is 0 Å². The summed E-state index contributed by atoms with van der Waals surface area (Å²) in [6, 6.07) is 8.42. The number of halogens is 2. The standard InChI is InChI=1S/C16H14Cl2O3/c1-9-4-5-10(8-12(9)17)15(19)11-6-7-13(20-2)14(18)16(11)21-3/h4-8H,1-3H3. The first-order valence-electron chi connectivity index (χ1n) is 6.21. The molecule has 0 amide bonds. The number of hydrogen-bond donors (Lipinski definition) is 0. The minimum absolute atomic E-state index is 0.210. The molecule has 0 aliphatic heterocycles. The second kappa shape index (κ2) is 6.37. The lowest BCUT2D eigenvalue weighted by Crippen LogP contribution is -2.05. The SMILES string of the molecule is COc1ccc(C(=O)c2ccc(C)c(Cl)c2)c(OC)c1Cl. The fourth-order valence-corrected chi connectivity index (χ4v) is 2.46. The van der Waals surface area contributed by atoms with E-state index in [1.54, 1.807) is 30.3 Å². The van der Waals surface area contributed by atoms with Crippen LogP contribution in [-0.4, -0.2) is 20.0 Å². The van der Waals surface area contributed by atoms with Gasteiger partial charge < -0.3 is 9.47 Å². The number of carbonyl (C=O) groups is 1. The van der Waals surface area contributed by atoms with Gasteiger partial charge in [0.25, 0.3) is 0 Å². The molecule has 0 N–H and O–H groups in total. The molecule has 0 aliphatic rings. The van der Waals surface area contributed by atoms with Gasteiger partial charge in [-0.2, -0.15) is 0 Å². The topological polar surface area (TPSA) is 35.5 Å². The summed E-state index contributed by atoms with van der Waals surface area (Å²) in [7, 11) is 2.96. The van der Waals surface area contributed by atoms with E-state index in [0.29, 0.717) is 21.9 Å². The summed E-state index contributed by atoms with van der Waals surface area (Å²) in [6.07, 6.45) is 0. The molecule has 0 fully saturated rings. The lowest BCUT2D eigenvalue weighted by molar-refractivity contribution is 0.103. The molecule has 0 bridgehead atoms. The molecular weight excluding hydrogens is 311 g/mol. The van der Waals surface area contributed by atoms with Crippen LogP contribution in [0.25, 0.3) is 0 Å². The maximum atomic E-state index is 12.6. The summed E-state index contributed by atoms with van der Waals surface area (Å²) in [5.74, 6) is 0.531. The molecule has 0 unspecified atom stereocenters. The van der Waals surface area contributed by atoms with Crippen molar-refractivity contribution in [1.29, 1.82) is 0 Å². The van der Waals surface area contributed by atoms with Crippen LogP contribution in [0, 0.1) is 6.92 Å². The van der Waals surface area contributed by atoms with E-state index in [0.717, 1.165) is 5.56 Å². The Hall–Kier alpha value is -1.71. The van der Waals surface area contributed by atoms with Crippen molar-refractivity contribution in [1.82, 2.24) is 0 Å². The van der Waals surface area contributed by atoms with Gasteiger partial charge in [0.15, 0.2) is 11.5 Å². The van der Waals surface area contributed by atoms with Crippen molar-refractivity contribution < 1.29 is 14.3 Å². The zero-order chi connectivity index (χ0) is 15.6. The first kappa shape index (κ1) is 15.7. The third-order valence-electron chi connectivity index (χ3n) is 3.16. The molecule has 0 saturated carbocycles. The molecule has 0 aromatic heterocycles. The number of ketones is 1. The largest absolute Gasteiger partial charge is 0.495 e. The van der Waals surface area contributed by atoms with Gasteiger partial charge in [0.2, 0.25) is 0 Å². The zero-order valence-corrected chi connectivity index (χ0v) is 13.4. The number of benzene rings is 2. The molecule has 3 nitrogen and oxygen atoms in total. The first-order valence-corrected chi connectivity index (χ1v) is 6.96. The third kappa shape index (κ3) is 2.99. The van der Waals surface area contributed by atoms with Gasteiger partial charge in [0, 0.05) is 10.6 Å². The highest BCUT2D eigenvalue weighted by atomic mass is 35.5. The van der Waals surface area contributed by atoms with Crippen LogP contribution in [0.4, 0.5) is 0 Å². The second-order valence-corrected chi connectivity index (χ2v) is 5.24. The van der Waals surface area contributed by atoms with E-state index < -0.39 is 0 Å². The predicted molar refractivity (Wildman–Crippen MR) is 84.2 cm³/mol. The van der Waals surface area contributed by atoms with Crippen molar-refractivity contribution in [3.8, 4) is 11.5 Å². The lowest BCUT2D eigenvalue weighted by atomic mass is 10.0. The van der Waals surface area contributed by atoms with E-state index in [1.807, 2.05) is 6.92 Å². The summed E-state index contributed by atoms with van der Waals surface area (Å²) < 4.78 is 10.4. The first-order chi connectivity index (χ1) is 9.99. The molecule has 2 aromatic carbocycles. The van der Waals surface area contributed by atoms with Crippen molar-refractivity contribution in [2.45, 2.75) is 6.92 Å². The van der Waals surface area contributed by atoms with Crippen LogP contribution in [0.2, 0.25) is 10.0 Å². The summed E-state index contributed by atoms with van der Waals surface area (Å²) in [6.45, 7) is 1.88. The number of carbonyl (C=O) groups excluding carboxylic acids is 1. The average molecular weight is 325 g/mol. The highest BCUT2D eigenvalue weighted by Gasteiger charge is 2.20. The van der Waals surface area contributed by atoms with Crippen LogP contribution in [-0.2, 0) is 0 Å². The minimum Gasteiger partial charge on any atom is -0.495 e. The molecular formula is C16H14Cl2O3. The maximum Gasteiger partial charge on any atom is 0.196 e. The van der Waals surface area contributed by atoms with E-state index in [4.69, 9.17) is 32.7 Å². The molecule has 110 valence electrons. The summed E-state index contributed by atoms with van der Waals surface area (Å²) in [5.41, 5.74) is 1.75. The second-order valence-electron chi connectivity index (χ2n) is 4.46. The lowest BCUT2D eigenvalue weighted by Gasteiger charge is -2.12. The van der Waals surface area contributed by atoms with Crippen LogP contribution in [0.1, 0.15) is 21.5 Å². The van der Waals surface area contributed by atoms with Crippen molar-refractivity contribution in [3.05, 3.63) is 57.1 Å². The zero-order valence-electron chi connectivity index (χ0n) is 11.9. The van der Waals surface area contributed by atoms with Crippen LogP contribution < -0.4 is 9.47 Å². The van der Waals surface area contributed by atoms with Crippen LogP contribution in [0.5, 0.6) is 11.5 Å². The molecule has 0 atom stereocenters. The van der Waals surface area contributed by atoms with Gasteiger partial charge in [-0.1, -0.05) is 35.3 Å². The summed E-state index contributed by atoms with van der Waals surface area (Å²) >= 11 is 12.2. The highest BCUT2D eigenvalue weighted by molar-refractivity contribution is 6.34. The van der Waals surface area contributed by atoms with Crippen LogP contribution in [0.15, 0.2) is 30.3 Å². The van der Waals surface area contributed by atoms with Gasteiger partial charge in [-0.25, -0.2) is 0 Å². The molecule has 0 heterocycles. The molecule has 0 spiro atoms. The Kier molecular flexibility index (Phi) is 4.76. The highest BCUT2D eigenvalue weighted by Crippen LogP contribution is 2.37. The van der Waals surface area contributed by atoms with E-state index in [-0.39, 0.29) is 16.6 Å². The quantitative estimate of drug-likeness (QED) is 0.774. The molecule has 0 radical (unpaired) electrons. The Labute approximate surface area is 133 Å². The van der Waals surface area contributed by atoms with E-state index in [9.17, 15) is 4.79 Å². The Morgan fingerprint density at radius 3 is 2.33 bits per heavy atom. The normalized spacial score (nSPS) is 10.3. The molecule has 2 aromatic rings. The van der Waals surface area contributed by atoms with Crippen LogP contribution in [0.3, 0.4) is 0 Å². The van der Waals surface area contributed by atoms with Crippen molar-refractivity contribution in [2.75, 3.05) is 14.2 Å². The Balaban J connectivity index is 2.52. The molecule has 5 heteroatoms. The number of hydrogen-bond acceptors (Lipinski definition) is 3. The van der Waals surface area contributed by atoms with Crippen LogP contribution >= 0.6 is 23.2 Å². The van der Waals surface area contributed by atoms with Gasteiger partial charge in [-0.05, 0) is 30.7 Å². The predicted octanol–water partition coefficient (Wildman–Crippen LogP) is 4.55. The Bertz CT molecular complexity index is 696. The molecule has 21 heavy (non-hydrogen) atoms. The van der Waals surface area contributed by atoms with Gasteiger partial charge in [0.1, 0.15) is 10.8 Å². The van der Waals surface area contributed by atoms with Gasteiger partial charge >= 0.3 is 0 Å². The maximum absolute atomic E-state index is 12.6. The molecule has 2 rings (SSSR count). The van der Waals surface area contributed by atoms with Gasteiger partial charge in [-0.3, -0.25) is 4.79 Å². The number of aryl methyl sites for hydroxylation is 1. The Morgan fingerprint density at radius 1 is 1.05 bits per heavy atom. The number of methoxy groups -OCH3 is 2. The third-order valence-corrected chi connectivity index (χ3v) is 3.93. The van der Waals surface area contributed by atoms with E-state index in [2.05, 4.69) is 0 Å². The van der Waals surface area contributed by atoms with Crippen molar-refractivity contribution in [3.63, 3.8) is 0 Å². The summed E-state index contributed by atoms with van der Waals surface area (Å²) in [5, 5.41) is 0.809. The Morgan fingerprint density at radius 2 is 1.76 bits per heavy atom. The summed E-state index contributed by atoms with van der Waals surface area (Å²) in [4.78, 5) is 12.6. The van der Waals surface area contributed by atoms with Crippen molar-refractivity contribution >= 4 is 29.0 Å². The number of ether oxygens (including phenoxy) is 2.